The normalized spacial score (nSPS) is 20.3. The molecule has 0 aliphatic carbocycles. The summed E-state index contributed by atoms with van der Waals surface area (Å²) in [5.41, 5.74) is 3.80. The van der Waals surface area contributed by atoms with Crippen molar-refractivity contribution in [3.05, 3.63) is 156 Å². The molecule has 6 aromatic rings. The molecule has 316 valence electrons. The Bertz CT molecular complexity index is 2680. The summed E-state index contributed by atoms with van der Waals surface area (Å²) in [4.78, 5) is 49.3. The molecule has 1 fully saturated rings. The van der Waals surface area contributed by atoms with E-state index >= 15 is 4.79 Å². The average molecular weight is 846 g/mol. The van der Waals surface area contributed by atoms with Gasteiger partial charge in [0.2, 0.25) is 5.91 Å². The number of methoxy groups -OCH3 is 2. The Labute approximate surface area is 363 Å². The third-order valence-corrected chi connectivity index (χ3v) is 17.8. The van der Waals surface area contributed by atoms with E-state index < -0.39 is 19.8 Å². The zero-order valence-corrected chi connectivity index (χ0v) is 36.7. The average Bonchev–Trinajstić information content (AvgIpc) is 3.84. The van der Waals surface area contributed by atoms with Crippen LogP contribution in [0.2, 0.25) is 18.6 Å². The molecule has 0 unspecified atom stereocenters. The largest absolute Gasteiger partial charge is 0.497 e. The zero-order chi connectivity index (χ0) is 43.3. The van der Waals surface area contributed by atoms with E-state index in [2.05, 4.69) is 32.2 Å². The van der Waals surface area contributed by atoms with Crippen LogP contribution in [0, 0.1) is 5.92 Å². The molecule has 6 aromatic carbocycles. The molecule has 3 aliphatic rings. The van der Waals surface area contributed by atoms with Crippen molar-refractivity contribution in [3.63, 3.8) is 0 Å². The summed E-state index contributed by atoms with van der Waals surface area (Å²) in [6, 6.07) is 43.1. The van der Waals surface area contributed by atoms with Crippen LogP contribution >= 0.6 is 0 Å². The van der Waals surface area contributed by atoms with Crippen LogP contribution in [-0.4, -0.2) is 69.3 Å². The molecule has 3 heterocycles. The van der Waals surface area contributed by atoms with Gasteiger partial charge in [0.05, 0.1) is 64.9 Å². The third-order valence-electron chi connectivity index (χ3n) is 13.4. The second-order valence-corrected chi connectivity index (χ2v) is 21.8. The van der Waals surface area contributed by atoms with Crippen LogP contribution in [-0.2, 0) is 33.0 Å². The van der Waals surface area contributed by atoms with Gasteiger partial charge in [-0.3, -0.25) is 19.3 Å². The molecule has 1 N–H and O–H groups in total. The fourth-order valence-electron chi connectivity index (χ4n) is 10.4. The van der Waals surface area contributed by atoms with Gasteiger partial charge in [0.15, 0.2) is 5.60 Å². The number of amides is 3. The maximum atomic E-state index is 15.6. The van der Waals surface area contributed by atoms with Crippen LogP contribution in [0.15, 0.2) is 133 Å². The van der Waals surface area contributed by atoms with Gasteiger partial charge in [-0.2, -0.15) is 0 Å². The number of aliphatic hydroxyl groups excluding tert-OH is 1. The van der Waals surface area contributed by atoms with Crippen LogP contribution in [0.25, 0.3) is 10.8 Å². The van der Waals surface area contributed by atoms with Gasteiger partial charge in [0, 0.05) is 35.6 Å². The summed E-state index contributed by atoms with van der Waals surface area (Å²) in [6.45, 7) is 7.23. The van der Waals surface area contributed by atoms with Crippen LogP contribution in [0.5, 0.6) is 11.5 Å². The number of hydrogen-bond donors (Lipinski definition) is 1. The van der Waals surface area contributed by atoms with E-state index in [0.29, 0.717) is 34.8 Å². The highest BCUT2D eigenvalue weighted by molar-refractivity contribution is 6.91. The number of aliphatic hydroxyl groups is 1. The first kappa shape index (κ1) is 41.1. The fraction of sp³-hybridized carbons (Fsp3) is 0.275. The summed E-state index contributed by atoms with van der Waals surface area (Å²) in [6.07, 6.45) is -0.598. The molecule has 62 heavy (non-hydrogen) atoms. The molecule has 11 heteroatoms. The van der Waals surface area contributed by atoms with Gasteiger partial charge in [0.25, 0.3) is 11.8 Å². The quantitative estimate of drug-likeness (QED) is 0.117. The lowest BCUT2D eigenvalue weighted by Gasteiger charge is -2.37. The Hall–Kier alpha value is -6.27. The maximum absolute atomic E-state index is 15.6. The number of hydrogen-bond acceptors (Lipinski definition) is 7. The van der Waals surface area contributed by atoms with Gasteiger partial charge in [0.1, 0.15) is 11.5 Å². The number of carbonyl (C=O) groups is 3. The van der Waals surface area contributed by atoms with E-state index in [1.807, 2.05) is 121 Å². The summed E-state index contributed by atoms with van der Waals surface area (Å²) < 4.78 is 18.6. The number of benzene rings is 6. The first-order chi connectivity index (χ1) is 30.0. The van der Waals surface area contributed by atoms with Crippen molar-refractivity contribution in [2.75, 3.05) is 37.2 Å². The topological polar surface area (TPSA) is 109 Å². The predicted molar refractivity (Wildman–Crippen MR) is 244 cm³/mol. The molecule has 10 nitrogen and oxygen atoms in total. The zero-order valence-electron chi connectivity index (χ0n) is 35.7. The molecule has 3 amide bonds. The molecule has 1 spiro atoms. The summed E-state index contributed by atoms with van der Waals surface area (Å²) in [7, 11) is 0.676. The first-order valence-corrected chi connectivity index (χ1v) is 24.3. The van der Waals surface area contributed by atoms with Crippen molar-refractivity contribution < 1.29 is 33.7 Å². The van der Waals surface area contributed by atoms with E-state index in [9.17, 15) is 14.7 Å². The number of fused-ring (bicyclic) bond motifs is 2. The lowest BCUT2D eigenvalue weighted by molar-refractivity contribution is -0.150. The lowest BCUT2D eigenvalue weighted by atomic mass is 9.82. The van der Waals surface area contributed by atoms with Gasteiger partial charge < -0.3 is 29.1 Å². The van der Waals surface area contributed by atoms with Crippen molar-refractivity contribution in [1.29, 1.82) is 0 Å². The predicted octanol–water partition coefficient (Wildman–Crippen LogP) is 8.32. The highest BCUT2D eigenvalue weighted by Crippen LogP contribution is 2.60. The molecule has 0 bridgehead atoms. The van der Waals surface area contributed by atoms with E-state index in [1.54, 1.807) is 28.9 Å². The van der Waals surface area contributed by atoms with Crippen molar-refractivity contribution >= 4 is 58.8 Å². The van der Waals surface area contributed by atoms with Gasteiger partial charge in [-0.15, -0.1) is 0 Å². The molecule has 1 saturated heterocycles. The highest BCUT2D eigenvalue weighted by atomic mass is 28.3. The van der Waals surface area contributed by atoms with Gasteiger partial charge in [-0.1, -0.05) is 104 Å². The number of anilines is 3. The van der Waals surface area contributed by atoms with E-state index in [4.69, 9.17) is 14.2 Å². The number of nitrogens with zero attached hydrogens (tertiary/aromatic N) is 3. The molecule has 4 atom stereocenters. The monoisotopic (exact) mass is 845 g/mol. The molecule has 3 aliphatic heterocycles. The Kier molecular flexibility index (Phi) is 10.7. The molecule has 9 rings (SSSR count). The smallest absolute Gasteiger partial charge is 0.264 e. The van der Waals surface area contributed by atoms with E-state index in [-0.39, 0.29) is 55.3 Å². The SMILES string of the molecule is COc1ccc([Si](C)(C)[C@@H]2[C@@H](CC(=O)N(CCO)Cc3ccccc3)O[C@]3(C(=O)N(Cc4cccc(N5C(=O)c6cccc7cccc5c67)c4)c4ccc(OC)cc43)[C@H]2C)cc1. The van der Waals surface area contributed by atoms with E-state index in [0.717, 1.165) is 38.5 Å². The van der Waals surface area contributed by atoms with Crippen LogP contribution in [0.4, 0.5) is 17.1 Å². The maximum Gasteiger partial charge on any atom is 0.264 e. The fourth-order valence-corrected chi connectivity index (χ4v) is 14.5. The Morgan fingerprint density at radius 1 is 0.806 bits per heavy atom. The lowest BCUT2D eigenvalue weighted by Crippen LogP contribution is -2.52. The third kappa shape index (κ3) is 6.75. The second kappa shape index (κ2) is 16.2. The first-order valence-electron chi connectivity index (χ1n) is 21.2. The highest BCUT2D eigenvalue weighted by Gasteiger charge is 2.66. The van der Waals surface area contributed by atoms with Crippen LogP contribution in [0.1, 0.15) is 40.4 Å². The Balaban J connectivity index is 1.10. The summed E-state index contributed by atoms with van der Waals surface area (Å²) in [5, 5.41) is 13.2. The van der Waals surface area contributed by atoms with Crippen molar-refractivity contribution in [3.8, 4) is 11.5 Å². The minimum absolute atomic E-state index is 0.0316. The van der Waals surface area contributed by atoms with Crippen molar-refractivity contribution in [1.82, 2.24) is 4.90 Å². The van der Waals surface area contributed by atoms with Crippen molar-refractivity contribution in [2.24, 2.45) is 5.92 Å². The van der Waals surface area contributed by atoms with Gasteiger partial charge in [-0.25, -0.2) is 0 Å². The minimum atomic E-state index is -2.58. The molecular weight excluding hydrogens is 795 g/mol. The molecule has 0 aromatic heterocycles. The van der Waals surface area contributed by atoms with Gasteiger partial charge in [-0.05, 0) is 76.7 Å². The Morgan fingerprint density at radius 3 is 2.23 bits per heavy atom. The van der Waals surface area contributed by atoms with Crippen LogP contribution in [0.3, 0.4) is 0 Å². The number of carbonyl (C=O) groups excluding carboxylic acids is 3. The number of ether oxygens (including phenoxy) is 3. The van der Waals surface area contributed by atoms with Crippen LogP contribution < -0.4 is 24.5 Å². The standard InChI is InChI=1S/C51H51N3O7Si/c1-33-48(62(4,5)40-23-20-38(59-2)21-24-40)45(30-46(56)52(26-27-55)31-34-12-7-6-8-13-34)61-51(33)42-29-39(60-3)22-25-43(42)53(50(51)58)32-35-14-9-17-37(28-35)54-44-19-11-16-36-15-10-18-41(47(36)44)49(54)57/h6-25,28-29,33,45,48,55H,26-27,30-32H2,1-5H3/t33-,45+,48-,51+/m0/s1. The van der Waals surface area contributed by atoms with E-state index in [1.165, 1.54) is 0 Å². The molecule has 0 saturated carbocycles. The molecular formula is C51H51N3O7Si. The minimum Gasteiger partial charge on any atom is -0.497 e. The summed E-state index contributed by atoms with van der Waals surface area (Å²) >= 11 is 0. The molecule has 0 radical (unpaired) electrons. The van der Waals surface area contributed by atoms with Crippen molar-refractivity contribution in [2.45, 2.75) is 56.8 Å². The second-order valence-electron chi connectivity index (χ2n) is 17.2. The number of rotatable bonds is 13. The summed E-state index contributed by atoms with van der Waals surface area (Å²) in [5.74, 6) is 0.537. The van der Waals surface area contributed by atoms with Gasteiger partial charge >= 0.3 is 0 Å². The Morgan fingerprint density at radius 2 is 1.50 bits per heavy atom.